The number of carbonyl (C=O) groups excluding carboxylic acids is 1. The van der Waals surface area contributed by atoms with E-state index in [2.05, 4.69) is 6.92 Å². The molecule has 1 aromatic carbocycles. The van der Waals surface area contributed by atoms with Crippen LogP contribution >= 0.6 is 0 Å². The van der Waals surface area contributed by atoms with Gasteiger partial charge in [0.05, 0.1) is 0 Å². The molecular formula is C14H18O. The van der Waals surface area contributed by atoms with Gasteiger partial charge in [0.25, 0.3) is 0 Å². The van der Waals surface area contributed by atoms with Crippen LogP contribution in [0.15, 0.2) is 35.9 Å². The minimum atomic E-state index is -0.556. The summed E-state index contributed by atoms with van der Waals surface area (Å²) in [4.78, 5) is 11.1. The first-order valence-electron chi connectivity index (χ1n) is 6.00. The molecule has 1 rings (SSSR count). The van der Waals surface area contributed by atoms with Crippen molar-refractivity contribution in [2.45, 2.75) is 32.6 Å². The summed E-state index contributed by atoms with van der Waals surface area (Å²) in [5, 5.41) is 0. The third-order valence-electron chi connectivity index (χ3n) is 2.32. The van der Waals surface area contributed by atoms with Gasteiger partial charge < -0.3 is 0 Å². The van der Waals surface area contributed by atoms with Crippen LogP contribution in [0.2, 0.25) is 0 Å². The zero-order chi connectivity index (χ0) is 11.8. The molecule has 1 aromatic rings. The van der Waals surface area contributed by atoms with E-state index in [0.29, 0.717) is 12.0 Å². The molecule has 15 heavy (non-hydrogen) atoms. The van der Waals surface area contributed by atoms with E-state index in [9.17, 15) is 4.79 Å². The smallest absolute Gasteiger partial charge is 0.146 e. The molecule has 0 fully saturated rings. The van der Waals surface area contributed by atoms with E-state index >= 15 is 0 Å². The molecule has 0 heterocycles. The topological polar surface area (TPSA) is 17.1 Å². The Hall–Kier alpha value is -1.37. The minimum Gasteiger partial charge on any atom is -0.298 e. The van der Waals surface area contributed by atoms with Gasteiger partial charge in [0.2, 0.25) is 0 Å². The van der Waals surface area contributed by atoms with E-state index in [1.807, 2.05) is 36.4 Å². The third-order valence-corrected chi connectivity index (χ3v) is 2.32. The van der Waals surface area contributed by atoms with Crippen LogP contribution < -0.4 is 0 Å². The lowest BCUT2D eigenvalue weighted by atomic mass is 10.1. The van der Waals surface area contributed by atoms with E-state index in [4.69, 9.17) is 1.37 Å². The quantitative estimate of drug-likeness (QED) is 0.390. The van der Waals surface area contributed by atoms with Crippen molar-refractivity contribution >= 4 is 12.3 Å². The highest BCUT2D eigenvalue weighted by Gasteiger charge is 1.95. The molecule has 0 aliphatic rings. The molecule has 0 radical (unpaired) electrons. The van der Waals surface area contributed by atoms with Crippen molar-refractivity contribution in [2.75, 3.05) is 0 Å². The number of hydrogen-bond acceptors (Lipinski definition) is 1. The number of unbranched alkanes of at least 4 members (excludes halogenated alkanes) is 2. The van der Waals surface area contributed by atoms with Crippen LogP contribution in [0.5, 0.6) is 0 Å². The van der Waals surface area contributed by atoms with Crippen molar-refractivity contribution in [1.29, 1.82) is 0 Å². The minimum absolute atomic E-state index is 0.556. The van der Waals surface area contributed by atoms with Crippen LogP contribution in [0.4, 0.5) is 0 Å². The molecule has 0 spiro atoms. The maximum absolute atomic E-state index is 11.1. The summed E-state index contributed by atoms with van der Waals surface area (Å²) in [5.74, 6) is 0. The fourth-order valence-corrected chi connectivity index (χ4v) is 1.47. The monoisotopic (exact) mass is 203 g/mol. The van der Waals surface area contributed by atoms with Crippen LogP contribution in [-0.4, -0.2) is 6.26 Å². The first-order chi connectivity index (χ1) is 7.74. The first-order valence-corrected chi connectivity index (χ1v) is 5.50. The van der Waals surface area contributed by atoms with E-state index in [1.165, 1.54) is 0 Å². The van der Waals surface area contributed by atoms with Gasteiger partial charge in [-0.1, -0.05) is 50.1 Å². The van der Waals surface area contributed by atoms with E-state index in [1.54, 1.807) is 0 Å². The number of hydrogen-bond donors (Lipinski definition) is 0. The summed E-state index contributed by atoms with van der Waals surface area (Å²) in [6, 6.07) is 9.70. The maximum atomic E-state index is 11.1. The predicted octanol–water partition coefficient (Wildman–Crippen LogP) is 3.85. The number of carbonyl (C=O) groups is 1. The zero-order valence-corrected chi connectivity index (χ0v) is 9.20. The summed E-state index contributed by atoms with van der Waals surface area (Å²) in [5.41, 5.74) is 1.61. The molecule has 0 aliphatic carbocycles. The Kier molecular flexibility index (Phi) is 4.74. The molecule has 0 saturated carbocycles. The highest BCUT2D eigenvalue weighted by molar-refractivity contribution is 5.81. The van der Waals surface area contributed by atoms with Crippen LogP contribution in [0.3, 0.4) is 0 Å². The lowest BCUT2D eigenvalue weighted by Crippen LogP contribution is -1.86. The van der Waals surface area contributed by atoms with Gasteiger partial charge in [0.1, 0.15) is 7.63 Å². The van der Waals surface area contributed by atoms with Gasteiger partial charge in [-0.05, 0) is 30.1 Å². The van der Waals surface area contributed by atoms with Gasteiger partial charge in [-0.3, -0.25) is 4.79 Å². The Morgan fingerprint density at radius 3 is 2.67 bits per heavy atom. The Bertz CT molecular complexity index is 354. The van der Waals surface area contributed by atoms with Crippen LogP contribution in [-0.2, 0) is 4.79 Å². The number of benzene rings is 1. The van der Waals surface area contributed by atoms with Crippen molar-refractivity contribution in [3.05, 3.63) is 41.5 Å². The van der Waals surface area contributed by atoms with Gasteiger partial charge >= 0.3 is 0 Å². The summed E-state index contributed by atoms with van der Waals surface area (Å²) < 4.78 is 7.21. The molecule has 0 amide bonds. The average Bonchev–Trinajstić information content (AvgIpc) is 2.29. The molecule has 0 aliphatic heterocycles. The number of rotatable bonds is 6. The molecule has 0 saturated heterocycles. The van der Waals surface area contributed by atoms with Crippen LogP contribution in [0.1, 0.15) is 39.5 Å². The first kappa shape index (κ1) is 10.2. The summed E-state index contributed by atoms with van der Waals surface area (Å²) in [6.45, 7) is 2.13. The lowest BCUT2D eigenvalue weighted by Gasteiger charge is -1.99. The molecule has 0 bridgehead atoms. The molecule has 0 atom stereocenters. The Labute approximate surface area is 93.2 Å². The van der Waals surface area contributed by atoms with Gasteiger partial charge in [-0.25, -0.2) is 0 Å². The maximum Gasteiger partial charge on any atom is 0.146 e. The summed E-state index contributed by atoms with van der Waals surface area (Å²) in [6.07, 6.45) is 5.21. The fraction of sp³-hybridized carbons (Fsp3) is 0.357. The van der Waals surface area contributed by atoms with Crippen molar-refractivity contribution < 1.29 is 6.17 Å². The summed E-state index contributed by atoms with van der Waals surface area (Å²) in [7, 11) is 0. The molecule has 0 unspecified atom stereocenters. The Balaban J connectivity index is 2.70. The zero-order valence-electron chi connectivity index (χ0n) is 10.2. The van der Waals surface area contributed by atoms with E-state index < -0.39 is 6.26 Å². The normalized spacial score (nSPS) is 12.3. The SMILES string of the molecule is [2H]C(=O)/C(=C/c1ccccc1)CCCCC. The molecule has 1 heteroatoms. The predicted molar refractivity (Wildman–Crippen MR) is 64.6 cm³/mol. The summed E-state index contributed by atoms with van der Waals surface area (Å²) >= 11 is 0. The second-order valence-corrected chi connectivity index (χ2v) is 3.64. The molecule has 0 N–H and O–H groups in total. The second-order valence-electron chi connectivity index (χ2n) is 3.64. The van der Waals surface area contributed by atoms with Crippen LogP contribution in [0, 0.1) is 0 Å². The highest BCUT2D eigenvalue weighted by atomic mass is 16.1. The second kappa shape index (κ2) is 6.99. The molecule has 0 aromatic heterocycles. The van der Waals surface area contributed by atoms with Gasteiger partial charge in [0, 0.05) is 0 Å². The van der Waals surface area contributed by atoms with Crippen molar-refractivity contribution in [3.8, 4) is 0 Å². The molecule has 80 valence electrons. The van der Waals surface area contributed by atoms with Gasteiger partial charge in [0.15, 0.2) is 0 Å². The standard InChI is InChI=1S/C14H18O/c1-2-3-5-10-14(12-15)11-13-8-6-4-7-9-13/h4,6-9,11-12H,2-3,5,10H2,1H3/b14-11+/i12D. The molecule has 1 nitrogen and oxygen atoms in total. The van der Waals surface area contributed by atoms with Crippen molar-refractivity contribution in [2.24, 2.45) is 0 Å². The van der Waals surface area contributed by atoms with Gasteiger partial charge in [-0.2, -0.15) is 0 Å². The van der Waals surface area contributed by atoms with E-state index in [-0.39, 0.29) is 0 Å². The lowest BCUT2D eigenvalue weighted by molar-refractivity contribution is -0.105. The third kappa shape index (κ3) is 4.59. The van der Waals surface area contributed by atoms with Gasteiger partial charge in [-0.15, -0.1) is 0 Å². The van der Waals surface area contributed by atoms with Crippen molar-refractivity contribution in [1.82, 2.24) is 0 Å². The van der Waals surface area contributed by atoms with E-state index in [0.717, 1.165) is 24.8 Å². The Morgan fingerprint density at radius 1 is 1.33 bits per heavy atom. The fourth-order valence-electron chi connectivity index (χ4n) is 1.47. The van der Waals surface area contributed by atoms with Crippen molar-refractivity contribution in [3.63, 3.8) is 0 Å². The number of aldehydes is 1. The highest BCUT2D eigenvalue weighted by Crippen LogP contribution is 2.11. The molecular weight excluding hydrogens is 184 g/mol. The number of allylic oxidation sites excluding steroid dienone is 1. The Morgan fingerprint density at radius 2 is 2.07 bits per heavy atom. The van der Waals surface area contributed by atoms with Crippen LogP contribution in [0.25, 0.3) is 6.08 Å². The average molecular weight is 203 g/mol. The largest absolute Gasteiger partial charge is 0.298 e.